The Morgan fingerprint density at radius 1 is 0.938 bits per heavy atom. The normalized spacial score (nSPS) is 8.94. The van der Waals surface area contributed by atoms with Crippen LogP contribution in [-0.4, -0.2) is 0 Å². The molecule has 0 radical (unpaired) electrons. The molecule has 2 nitrogen and oxygen atoms in total. The number of nitrogens with one attached hydrogen (secondary N) is 1. The van der Waals surface area contributed by atoms with Crippen LogP contribution in [-0.2, 0) is 0 Å². The van der Waals surface area contributed by atoms with Gasteiger partial charge in [-0.15, -0.1) is 0 Å². The van der Waals surface area contributed by atoms with Crippen LogP contribution >= 0.6 is 11.6 Å². The van der Waals surface area contributed by atoms with Crippen molar-refractivity contribution >= 4 is 17.3 Å². The first kappa shape index (κ1) is 12.6. The smallest absolute Gasteiger partial charge is 0.0486 e. The molecule has 84 valence electrons. The third-order valence-corrected chi connectivity index (χ3v) is 2.20. The second kappa shape index (κ2) is 6.88. The van der Waals surface area contributed by atoms with Crippen LogP contribution in [0.1, 0.15) is 5.56 Å². The predicted octanol–water partition coefficient (Wildman–Crippen LogP) is 3.62. The highest BCUT2D eigenvalue weighted by molar-refractivity contribution is 6.30. The molecule has 0 saturated carbocycles. The number of nitrogens with two attached hydrogens (primary N) is 1. The Morgan fingerprint density at radius 2 is 1.50 bits per heavy atom. The number of rotatable bonds is 1. The highest BCUT2D eigenvalue weighted by Crippen LogP contribution is 2.11. The summed E-state index contributed by atoms with van der Waals surface area (Å²) in [7, 11) is 0. The Balaban J connectivity index is 0.000000165. The highest BCUT2D eigenvalue weighted by Gasteiger charge is 1.85. The van der Waals surface area contributed by atoms with Crippen LogP contribution in [0.3, 0.4) is 0 Å². The second-order valence-electron chi connectivity index (χ2n) is 3.31. The van der Waals surface area contributed by atoms with Crippen molar-refractivity contribution in [3.63, 3.8) is 0 Å². The predicted molar refractivity (Wildman–Crippen MR) is 70.4 cm³/mol. The highest BCUT2D eigenvalue weighted by atomic mass is 35.5. The van der Waals surface area contributed by atoms with Gasteiger partial charge in [-0.1, -0.05) is 47.5 Å². The van der Waals surface area contributed by atoms with E-state index in [4.69, 9.17) is 17.4 Å². The van der Waals surface area contributed by atoms with Crippen molar-refractivity contribution in [2.24, 2.45) is 5.84 Å². The molecule has 2 aromatic rings. The number of aryl methyl sites for hydroxylation is 1. The molecule has 0 unspecified atom stereocenters. The van der Waals surface area contributed by atoms with Gasteiger partial charge in [0.05, 0.1) is 0 Å². The molecule has 16 heavy (non-hydrogen) atoms. The van der Waals surface area contributed by atoms with Gasteiger partial charge in [-0.3, -0.25) is 5.84 Å². The molecule has 0 fully saturated rings. The SMILES string of the molecule is Cc1ccccc1.NNc1ccc(Cl)cc1. The van der Waals surface area contributed by atoms with Crippen LogP contribution in [0, 0.1) is 6.92 Å². The summed E-state index contributed by atoms with van der Waals surface area (Å²) in [6, 6.07) is 17.4. The van der Waals surface area contributed by atoms with E-state index >= 15 is 0 Å². The molecule has 0 aliphatic carbocycles. The monoisotopic (exact) mass is 234 g/mol. The molecule has 0 bridgehead atoms. The molecule has 2 rings (SSSR count). The maximum absolute atomic E-state index is 5.60. The summed E-state index contributed by atoms with van der Waals surface area (Å²) in [6.07, 6.45) is 0. The van der Waals surface area contributed by atoms with E-state index in [-0.39, 0.29) is 0 Å². The number of anilines is 1. The largest absolute Gasteiger partial charge is 0.324 e. The van der Waals surface area contributed by atoms with Crippen molar-refractivity contribution < 1.29 is 0 Å². The molecule has 0 aliphatic heterocycles. The minimum atomic E-state index is 0.717. The summed E-state index contributed by atoms with van der Waals surface area (Å²) in [5, 5.41) is 0.717. The van der Waals surface area contributed by atoms with Gasteiger partial charge in [0.25, 0.3) is 0 Å². The topological polar surface area (TPSA) is 38.0 Å². The van der Waals surface area contributed by atoms with Crippen molar-refractivity contribution in [3.05, 3.63) is 65.2 Å². The lowest BCUT2D eigenvalue weighted by atomic mass is 10.2. The maximum atomic E-state index is 5.60. The zero-order chi connectivity index (χ0) is 11.8. The van der Waals surface area contributed by atoms with Gasteiger partial charge in [0.1, 0.15) is 0 Å². The van der Waals surface area contributed by atoms with E-state index < -0.39 is 0 Å². The fourth-order valence-corrected chi connectivity index (χ4v) is 1.21. The first-order chi connectivity index (χ1) is 7.72. The van der Waals surface area contributed by atoms with Crippen LogP contribution in [0.4, 0.5) is 5.69 Å². The standard InChI is InChI=1S/C7H8.C6H7ClN2/c1-7-5-3-2-4-6-7;7-5-1-3-6(9-8)4-2-5/h2-6H,1H3;1-4,9H,8H2. The molecule has 0 amide bonds. The molecule has 0 aliphatic rings. The minimum Gasteiger partial charge on any atom is -0.324 e. The summed E-state index contributed by atoms with van der Waals surface area (Å²) in [5.74, 6) is 5.11. The van der Waals surface area contributed by atoms with Gasteiger partial charge in [0, 0.05) is 10.7 Å². The van der Waals surface area contributed by atoms with E-state index in [0.717, 1.165) is 5.69 Å². The maximum Gasteiger partial charge on any atom is 0.0486 e. The first-order valence-corrected chi connectivity index (χ1v) is 5.34. The summed E-state index contributed by atoms with van der Waals surface area (Å²) >= 11 is 5.60. The van der Waals surface area contributed by atoms with Gasteiger partial charge in [-0.2, -0.15) is 0 Å². The first-order valence-electron chi connectivity index (χ1n) is 4.96. The summed E-state index contributed by atoms with van der Waals surface area (Å²) in [4.78, 5) is 0. The molecule has 3 N–H and O–H groups in total. The summed E-state index contributed by atoms with van der Waals surface area (Å²) in [6.45, 7) is 2.08. The summed E-state index contributed by atoms with van der Waals surface area (Å²) < 4.78 is 0. The van der Waals surface area contributed by atoms with Crippen molar-refractivity contribution in [2.75, 3.05) is 5.43 Å². The van der Waals surface area contributed by atoms with Crippen LogP contribution < -0.4 is 11.3 Å². The summed E-state index contributed by atoms with van der Waals surface area (Å²) in [5.41, 5.74) is 4.68. The number of hydrogen-bond acceptors (Lipinski definition) is 2. The van der Waals surface area contributed by atoms with Crippen molar-refractivity contribution in [1.29, 1.82) is 0 Å². The fourth-order valence-electron chi connectivity index (χ4n) is 1.08. The molecule has 3 heteroatoms. The van der Waals surface area contributed by atoms with E-state index in [1.165, 1.54) is 5.56 Å². The number of nitrogen functional groups attached to an aromatic ring is 1. The number of hydrazine groups is 1. The lowest BCUT2D eigenvalue weighted by Crippen LogP contribution is -2.05. The van der Waals surface area contributed by atoms with E-state index in [1.54, 1.807) is 12.1 Å². The van der Waals surface area contributed by atoms with Crippen molar-refractivity contribution in [1.82, 2.24) is 0 Å². The van der Waals surface area contributed by atoms with E-state index in [2.05, 4.69) is 24.5 Å². The molecule has 0 aromatic heterocycles. The molecule has 0 heterocycles. The number of halogens is 1. The Morgan fingerprint density at radius 3 is 1.88 bits per heavy atom. The fraction of sp³-hybridized carbons (Fsp3) is 0.0769. The van der Waals surface area contributed by atoms with Crippen LogP contribution in [0.2, 0.25) is 5.02 Å². The van der Waals surface area contributed by atoms with E-state index in [1.807, 2.05) is 30.3 Å². The van der Waals surface area contributed by atoms with Crippen LogP contribution in [0.5, 0.6) is 0 Å². The lowest BCUT2D eigenvalue weighted by Gasteiger charge is -1.96. The third kappa shape index (κ3) is 4.82. The van der Waals surface area contributed by atoms with Gasteiger partial charge in [-0.05, 0) is 31.2 Å². The number of benzene rings is 2. The average molecular weight is 235 g/mol. The van der Waals surface area contributed by atoms with Gasteiger partial charge < -0.3 is 5.43 Å². The second-order valence-corrected chi connectivity index (χ2v) is 3.74. The van der Waals surface area contributed by atoms with Gasteiger partial charge in [0.15, 0.2) is 0 Å². The van der Waals surface area contributed by atoms with Gasteiger partial charge in [-0.25, -0.2) is 0 Å². The molecule has 0 atom stereocenters. The Bertz CT molecular complexity index is 398. The minimum absolute atomic E-state index is 0.717. The number of hydrogen-bond donors (Lipinski definition) is 2. The molecular formula is C13H15ClN2. The Kier molecular flexibility index (Phi) is 5.40. The molecule has 0 spiro atoms. The zero-order valence-corrected chi connectivity index (χ0v) is 9.91. The molecule has 0 saturated heterocycles. The van der Waals surface area contributed by atoms with Crippen molar-refractivity contribution in [2.45, 2.75) is 6.92 Å². The van der Waals surface area contributed by atoms with E-state index in [9.17, 15) is 0 Å². The van der Waals surface area contributed by atoms with E-state index in [0.29, 0.717) is 5.02 Å². The van der Waals surface area contributed by atoms with Crippen LogP contribution in [0.25, 0.3) is 0 Å². The Hall–Kier alpha value is -1.51. The average Bonchev–Trinajstić information content (AvgIpc) is 2.32. The van der Waals surface area contributed by atoms with Crippen molar-refractivity contribution in [3.8, 4) is 0 Å². The van der Waals surface area contributed by atoms with Crippen LogP contribution in [0.15, 0.2) is 54.6 Å². The van der Waals surface area contributed by atoms with Gasteiger partial charge >= 0.3 is 0 Å². The zero-order valence-electron chi connectivity index (χ0n) is 9.15. The Labute approximate surface area is 101 Å². The third-order valence-electron chi connectivity index (χ3n) is 1.95. The molecular weight excluding hydrogens is 220 g/mol. The van der Waals surface area contributed by atoms with Gasteiger partial charge in [0.2, 0.25) is 0 Å². The quantitative estimate of drug-likeness (QED) is 0.584. The molecule has 2 aromatic carbocycles. The lowest BCUT2D eigenvalue weighted by molar-refractivity contribution is 1.35.